The number of fused-ring (bicyclic) bond motifs is 1. The Kier molecular flexibility index (Phi) is 5.55. The third kappa shape index (κ3) is 3.57. The van der Waals surface area contributed by atoms with Gasteiger partial charge in [-0.1, -0.05) is 31.4 Å². The average Bonchev–Trinajstić information content (AvgIpc) is 2.89. The lowest BCUT2D eigenvalue weighted by Crippen LogP contribution is -2.30. The van der Waals surface area contributed by atoms with Crippen molar-refractivity contribution in [1.82, 2.24) is 0 Å². The highest BCUT2D eigenvalue weighted by atomic mass is 16.5. The van der Waals surface area contributed by atoms with Gasteiger partial charge in [0.2, 0.25) is 11.8 Å². The fourth-order valence-electron chi connectivity index (χ4n) is 3.64. The second-order valence-electron chi connectivity index (χ2n) is 7.11. The maximum Gasteiger partial charge on any atom is 0.338 e. The quantitative estimate of drug-likeness (QED) is 0.336. The molecule has 138 valence electrons. The van der Waals surface area contributed by atoms with Gasteiger partial charge in [-0.3, -0.25) is 14.5 Å². The molecular formula is C21H25NO4. The van der Waals surface area contributed by atoms with Crippen molar-refractivity contribution in [2.24, 2.45) is 11.8 Å². The highest BCUT2D eigenvalue weighted by Crippen LogP contribution is 2.39. The van der Waals surface area contributed by atoms with E-state index in [0.29, 0.717) is 30.7 Å². The minimum absolute atomic E-state index is 0.137. The van der Waals surface area contributed by atoms with Crippen molar-refractivity contribution < 1.29 is 19.1 Å². The summed E-state index contributed by atoms with van der Waals surface area (Å²) >= 11 is 0. The molecule has 1 aromatic carbocycles. The third-order valence-corrected chi connectivity index (χ3v) is 5.17. The molecule has 2 amide bonds. The normalized spacial score (nSPS) is 22.2. The first-order valence-corrected chi connectivity index (χ1v) is 9.33. The Balaban J connectivity index is 1.68. The van der Waals surface area contributed by atoms with Gasteiger partial charge in [0.1, 0.15) is 0 Å². The number of unbranched alkanes of at least 4 members (excludes halogenated alkanes) is 2. The Morgan fingerprint density at radius 2 is 1.81 bits per heavy atom. The smallest absolute Gasteiger partial charge is 0.338 e. The SMILES string of the molecule is CCCCCOC(=O)c1ccc(N2C(=O)C3CC=C(C)CC3C2=O)cc1. The number of anilines is 1. The molecule has 0 bridgehead atoms. The Bertz CT molecular complexity index is 735. The number of carbonyl (C=O) groups excluding carboxylic acids is 3. The van der Waals surface area contributed by atoms with Gasteiger partial charge in [0.25, 0.3) is 0 Å². The minimum Gasteiger partial charge on any atom is -0.462 e. The van der Waals surface area contributed by atoms with Crippen LogP contribution in [0.3, 0.4) is 0 Å². The topological polar surface area (TPSA) is 63.7 Å². The van der Waals surface area contributed by atoms with E-state index in [1.165, 1.54) is 4.90 Å². The first-order chi connectivity index (χ1) is 12.5. The van der Waals surface area contributed by atoms with E-state index in [4.69, 9.17) is 4.74 Å². The lowest BCUT2D eigenvalue weighted by Gasteiger charge is -2.18. The first kappa shape index (κ1) is 18.4. The number of rotatable bonds is 6. The summed E-state index contributed by atoms with van der Waals surface area (Å²) in [6.07, 6.45) is 6.28. The van der Waals surface area contributed by atoms with E-state index in [9.17, 15) is 14.4 Å². The Morgan fingerprint density at radius 1 is 1.12 bits per heavy atom. The predicted molar refractivity (Wildman–Crippen MR) is 98.7 cm³/mol. The number of benzene rings is 1. The van der Waals surface area contributed by atoms with Gasteiger partial charge in [-0.25, -0.2) is 4.79 Å². The van der Waals surface area contributed by atoms with Crippen molar-refractivity contribution >= 4 is 23.5 Å². The predicted octanol–water partition coefficient (Wildman–Crippen LogP) is 3.88. The van der Waals surface area contributed by atoms with Crippen LogP contribution >= 0.6 is 0 Å². The third-order valence-electron chi connectivity index (χ3n) is 5.17. The van der Waals surface area contributed by atoms with Gasteiger partial charge in [-0.2, -0.15) is 0 Å². The van der Waals surface area contributed by atoms with E-state index in [-0.39, 0.29) is 29.6 Å². The molecular weight excluding hydrogens is 330 g/mol. The summed E-state index contributed by atoms with van der Waals surface area (Å²) in [7, 11) is 0. The second kappa shape index (κ2) is 7.85. The van der Waals surface area contributed by atoms with Gasteiger partial charge >= 0.3 is 5.97 Å². The molecule has 1 saturated heterocycles. The lowest BCUT2D eigenvalue weighted by atomic mass is 9.82. The molecule has 1 aromatic rings. The summed E-state index contributed by atoms with van der Waals surface area (Å²) < 4.78 is 5.23. The summed E-state index contributed by atoms with van der Waals surface area (Å²) in [6.45, 7) is 4.50. The molecule has 0 saturated carbocycles. The molecule has 0 radical (unpaired) electrons. The fraction of sp³-hybridized carbons (Fsp3) is 0.476. The Morgan fingerprint density at radius 3 is 2.50 bits per heavy atom. The van der Waals surface area contributed by atoms with E-state index in [1.54, 1.807) is 24.3 Å². The zero-order valence-corrected chi connectivity index (χ0v) is 15.4. The highest BCUT2D eigenvalue weighted by Gasteiger charge is 2.48. The number of ether oxygens (including phenoxy) is 1. The van der Waals surface area contributed by atoms with Crippen molar-refractivity contribution in [2.75, 3.05) is 11.5 Å². The molecule has 2 unspecified atom stereocenters. The van der Waals surface area contributed by atoms with Crippen LogP contribution in [-0.2, 0) is 14.3 Å². The number of esters is 1. The zero-order valence-electron chi connectivity index (χ0n) is 15.4. The fourth-order valence-corrected chi connectivity index (χ4v) is 3.64. The summed E-state index contributed by atoms with van der Waals surface area (Å²) in [5.74, 6) is -1.16. The number of amides is 2. The van der Waals surface area contributed by atoms with Crippen molar-refractivity contribution in [3.05, 3.63) is 41.5 Å². The molecule has 5 nitrogen and oxygen atoms in total. The van der Waals surface area contributed by atoms with Gasteiger partial charge in [-0.15, -0.1) is 0 Å². The molecule has 0 spiro atoms. The van der Waals surface area contributed by atoms with Crippen molar-refractivity contribution in [2.45, 2.75) is 46.0 Å². The summed E-state index contributed by atoms with van der Waals surface area (Å²) in [6, 6.07) is 6.53. The number of hydrogen-bond donors (Lipinski definition) is 0. The lowest BCUT2D eigenvalue weighted by molar-refractivity contribution is -0.122. The van der Waals surface area contributed by atoms with Gasteiger partial charge in [0, 0.05) is 0 Å². The maximum absolute atomic E-state index is 12.7. The number of allylic oxidation sites excluding steroid dienone is 2. The molecule has 1 heterocycles. The monoisotopic (exact) mass is 355 g/mol. The number of nitrogens with zero attached hydrogens (tertiary/aromatic N) is 1. The van der Waals surface area contributed by atoms with Crippen LogP contribution in [-0.4, -0.2) is 24.4 Å². The van der Waals surface area contributed by atoms with Crippen LogP contribution in [0.15, 0.2) is 35.9 Å². The van der Waals surface area contributed by atoms with Crippen LogP contribution in [0.1, 0.15) is 56.3 Å². The second-order valence-corrected chi connectivity index (χ2v) is 7.11. The van der Waals surface area contributed by atoms with E-state index >= 15 is 0 Å². The van der Waals surface area contributed by atoms with Crippen molar-refractivity contribution in [3.63, 3.8) is 0 Å². The van der Waals surface area contributed by atoms with Crippen molar-refractivity contribution in [3.8, 4) is 0 Å². The standard InChI is InChI=1S/C21H25NO4/c1-3-4-5-12-26-21(25)15-7-9-16(10-8-15)22-19(23)17-11-6-14(2)13-18(17)20(22)24/h6-10,17-18H,3-5,11-13H2,1-2H3. The van der Waals surface area contributed by atoms with E-state index in [1.807, 2.05) is 13.0 Å². The first-order valence-electron chi connectivity index (χ1n) is 9.33. The number of imide groups is 1. The summed E-state index contributed by atoms with van der Waals surface area (Å²) in [5, 5.41) is 0. The van der Waals surface area contributed by atoms with Gasteiger partial charge in [0.15, 0.2) is 0 Å². The van der Waals surface area contributed by atoms with E-state index in [0.717, 1.165) is 24.8 Å². The molecule has 0 aromatic heterocycles. The van der Waals surface area contributed by atoms with Crippen LogP contribution in [0.25, 0.3) is 0 Å². The Labute approximate surface area is 154 Å². The number of hydrogen-bond acceptors (Lipinski definition) is 4. The minimum atomic E-state index is -0.375. The number of carbonyl (C=O) groups is 3. The van der Waals surface area contributed by atoms with Crippen LogP contribution in [0.4, 0.5) is 5.69 Å². The highest BCUT2D eigenvalue weighted by molar-refractivity contribution is 6.22. The van der Waals surface area contributed by atoms with Crippen LogP contribution in [0, 0.1) is 11.8 Å². The van der Waals surface area contributed by atoms with Gasteiger partial charge in [0.05, 0.1) is 29.7 Å². The summed E-state index contributed by atoms with van der Waals surface area (Å²) in [5.41, 5.74) is 2.12. The average molecular weight is 355 g/mol. The molecule has 3 rings (SSSR count). The molecule has 1 aliphatic heterocycles. The van der Waals surface area contributed by atoms with E-state index < -0.39 is 0 Å². The molecule has 26 heavy (non-hydrogen) atoms. The maximum atomic E-state index is 12.7. The van der Waals surface area contributed by atoms with Crippen LogP contribution in [0.2, 0.25) is 0 Å². The molecule has 5 heteroatoms. The molecule has 1 aliphatic carbocycles. The molecule has 2 aliphatic rings. The van der Waals surface area contributed by atoms with Crippen LogP contribution < -0.4 is 4.90 Å². The largest absolute Gasteiger partial charge is 0.462 e. The Hall–Kier alpha value is -2.43. The molecule has 2 atom stereocenters. The van der Waals surface area contributed by atoms with Gasteiger partial charge < -0.3 is 4.74 Å². The molecule has 1 fully saturated rings. The molecule has 0 N–H and O–H groups in total. The zero-order chi connectivity index (χ0) is 18.7. The van der Waals surface area contributed by atoms with Crippen molar-refractivity contribution in [1.29, 1.82) is 0 Å². The van der Waals surface area contributed by atoms with Gasteiger partial charge in [-0.05, 0) is 50.5 Å². The van der Waals surface area contributed by atoms with E-state index in [2.05, 4.69) is 6.92 Å². The van der Waals surface area contributed by atoms with Crippen LogP contribution in [0.5, 0.6) is 0 Å². The summed E-state index contributed by atoms with van der Waals surface area (Å²) in [4.78, 5) is 38.7.